The van der Waals surface area contributed by atoms with Crippen LogP contribution in [0.15, 0.2) is 135 Å². The predicted molar refractivity (Wildman–Crippen MR) is 190 cm³/mol. The number of amides is 3. The van der Waals surface area contributed by atoms with Crippen molar-refractivity contribution in [3.05, 3.63) is 137 Å². The highest BCUT2D eigenvalue weighted by atomic mass is 79.9. The Morgan fingerprint density at radius 1 is 0.830 bits per heavy atom. The Hall–Kier alpha value is -5.06. The number of hydrogen-bond donors (Lipinski definition) is 3. The summed E-state index contributed by atoms with van der Waals surface area (Å²) in [5.74, 6) is 0.657. The van der Waals surface area contributed by atoms with E-state index in [1.807, 2.05) is 68.4 Å². The summed E-state index contributed by atoms with van der Waals surface area (Å²) in [4.78, 5) is 40.1. The van der Waals surface area contributed by atoms with Gasteiger partial charge >= 0.3 is 0 Å². The van der Waals surface area contributed by atoms with Gasteiger partial charge in [0.25, 0.3) is 11.8 Å². The number of rotatable bonds is 12. The number of carbonyl (C=O) groups excluding carboxylic acids is 3. The van der Waals surface area contributed by atoms with Crippen LogP contribution < -0.4 is 20.7 Å². The van der Waals surface area contributed by atoms with Gasteiger partial charge in [0, 0.05) is 37.9 Å². The Balaban J connectivity index is 1.25. The number of carbonyl (C=O) groups is 3. The van der Waals surface area contributed by atoms with Crippen LogP contribution in [0.3, 0.4) is 0 Å². The average molecular weight is 711 g/mol. The van der Waals surface area contributed by atoms with Crippen LogP contribution in [-0.4, -0.2) is 29.6 Å². The van der Waals surface area contributed by atoms with Gasteiger partial charge in [0.2, 0.25) is 5.91 Å². The number of hydrogen-bond acceptors (Lipinski definition) is 6. The lowest BCUT2D eigenvalue weighted by molar-refractivity contribution is -0.115. The van der Waals surface area contributed by atoms with E-state index in [-0.39, 0.29) is 16.9 Å². The zero-order valence-corrected chi connectivity index (χ0v) is 28.1. The first-order chi connectivity index (χ1) is 22.8. The largest absolute Gasteiger partial charge is 0.494 e. The fourth-order valence-corrected chi connectivity index (χ4v) is 5.53. The highest BCUT2D eigenvalue weighted by molar-refractivity contribution is 9.10. The third-order valence-corrected chi connectivity index (χ3v) is 8.44. The van der Waals surface area contributed by atoms with E-state index < -0.39 is 11.8 Å². The van der Waals surface area contributed by atoms with E-state index in [1.54, 1.807) is 60.7 Å². The third-order valence-electron chi connectivity index (χ3n) is 6.80. The topological polar surface area (TPSA) is 110 Å². The zero-order valence-electron chi connectivity index (χ0n) is 25.7. The maximum absolute atomic E-state index is 13.5. The highest BCUT2D eigenvalue weighted by Crippen LogP contribution is 2.27. The average Bonchev–Trinajstić information content (AvgIpc) is 3.55. The fraction of sp³-hybridized carbons (Fsp3) is 0.108. The maximum Gasteiger partial charge on any atom is 0.272 e. The first-order valence-electron chi connectivity index (χ1n) is 14.8. The molecule has 0 bridgehead atoms. The molecule has 1 unspecified atom stereocenters. The molecule has 0 fully saturated rings. The molecule has 8 nitrogen and oxygen atoms in total. The first-order valence-corrected chi connectivity index (χ1v) is 16.5. The number of thioether (sulfide) groups is 1. The van der Waals surface area contributed by atoms with Crippen molar-refractivity contribution in [3.8, 4) is 17.1 Å². The van der Waals surface area contributed by atoms with Crippen molar-refractivity contribution in [1.29, 1.82) is 0 Å². The summed E-state index contributed by atoms with van der Waals surface area (Å²) in [5, 5.41) is 8.12. The van der Waals surface area contributed by atoms with Gasteiger partial charge in [-0.25, -0.2) is 0 Å². The highest BCUT2D eigenvalue weighted by Gasteiger charge is 2.18. The quantitative estimate of drug-likeness (QED) is 0.0884. The van der Waals surface area contributed by atoms with Crippen molar-refractivity contribution in [3.63, 3.8) is 0 Å². The Morgan fingerprint density at radius 3 is 2.17 bits per heavy atom. The molecule has 1 atom stereocenters. The van der Waals surface area contributed by atoms with E-state index in [9.17, 15) is 14.4 Å². The lowest BCUT2D eigenvalue weighted by Crippen LogP contribution is -2.30. The molecule has 47 heavy (non-hydrogen) atoms. The van der Waals surface area contributed by atoms with Crippen LogP contribution in [-0.2, 0) is 9.59 Å². The minimum Gasteiger partial charge on any atom is -0.494 e. The van der Waals surface area contributed by atoms with E-state index in [2.05, 4.69) is 31.9 Å². The lowest BCUT2D eigenvalue weighted by Gasteiger charge is -2.14. The van der Waals surface area contributed by atoms with E-state index in [4.69, 9.17) is 9.15 Å². The number of nitrogens with one attached hydrogen (secondary N) is 3. The molecule has 0 radical (unpaired) electrons. The van der Waals surface area contributed by atoms with E-state index >= 15 is 0 Å². The Morgan fingerprint density at radius 2 is 1.49 bits per heavy atom. The molecule has 4 aromatic carbocycles. The third kappa shape index (κ3) is 9.48. The van der Waals surface area contributed by atoms with Crippen LogP contribution in [0.4, 0.5) is 11.4 Å². The predicted octanol–water partition coefficient (Wildman–Crippen LogP) is 8.64. The van der Waals surface area contributed by atoms with Gasteiger partial charge in [-0.3, -0.25) is 14.4 Å². The molecule has 5 aromatic rings. The van der Waals surface area contributed by atoms with Crippen LogP contribution in [0.1, 0.15) is 30.0 Å². The molecule has 3 N–H and O–H groups in total. The molecule has 5 rings (SSSR count). The van der Waals surface area contributed by atoms with Crippen LogP contribution >= 0.6 is 27.7 Å². The Bertz CT molecular complexity index is 1860. The number of benzene rings is 4. The molecule has 1 aromatic heterocycles. The van der Waals surface area contributed by atoms with Crippen LogP contribution in [0.2, 0.25) is 0 Å². The Labute approximate surface area is 285 Å². The van der Waals surface area contributed by atoms with Crippen molar-refractivity contribution in [2.45, 2.75) is 24.0 Å². The summed E-state index contributed by atoms with van der Waals surface area (Å²) in [7, 11) is 0. The molecular weight excluding hydrogens is 678 g/mol. The molecule has 0 aliphatic carbocycles. The van der Waals surface area contributed by atoms with Gasteiger partial charge < -0.3 is 25.1 Å². The Kier molecular flexibility index (Phi) is 11.3. The molecule has 238 valence electrons. The molecule has 3 amide bonds. The molecule has 0 saturated heterocycles. The maximum atomic E-state index is 13.5. The van der Waals surface area contributed by atoms with E-state index in [0.29, 0.717) is 35.1 Å². The summed E-state index contributed by atoms with van der Waals surface area (Å²) in [6.07, 6.45) is 1.49. The SMILES string of the molecule is CCOc1ccc(NC(=O)C(C)Sc2ccc(NC(=O)C(=Cc3ccc(-c4ccc(Br)cc4)o3)NC(=O)c3ccccc3)cc2)cc1. The van der Waals surface area contributed by atoms with Crippen LogP contribution in [0, 0.1) is 0 Å². The standard InChI is InChI=1S/C37H32BrN3O5S/c1-3-45-30-17-13-28(14-18-30)39-35(42)24(2)47-32-20-15-29(16-21-32)40-37(44)33(41-36(43)26-7-5-4-6-8-26)23-31-19-22-34(46-31)25-9-11-27(38)12-10-25/h4-24H,3H2,1-2H3,(H,39,42)(H,40,44)(H,41,43). The normalized spacial score (nSPS) is 11.8. The zero-order chi connectivity index (χ0) is 33.2. The van der Waals surface area contributed by atoms with Crippen LogP contribution in [0.5, 0.6) is 5.75 Å². The van der Waals surface area contributed by atoms with E-state index in [1.165, 1.54) is 17.8 Å². The molecule has 0 aliphatic rings. The van der Waals surface area contributed by atoms with Gasteiger partial charge in [0.05, 0.1) is 11.9 Å². The number of anilines is 2. The summed E-state index contributed by atoms with van der Waals surface area (Å²) in [6.45, 7) is 4.32. The summed E-state index contributed by atoms with van der Waals surface area (Å²) < 4.78 is 12.4. The second-order valence-electron chi connectivity index (χ2n) is 10.3. The number of furan rings is 1. The molecule has 1 heterocycles. The van der Waals surface area contributed by atoms with Gasteiger partial charge in [0.1, 0.15) is 23.0 Å². The molecule has 10 heteroatoms. The van der Waals surface area contributed by atoms with Gasteiger partial charge in [-0.15, -0.1) is 11.8 Å². The van der Waals surface area contributed by atoms with E-state index in [0.717, 1.165) is 20.7 Å². The monoisotopic (exact) mass is 709 g/mol. The molecular formula is C37H32BrN3O5S. The first kappa shape index (κ1) is 33.3. The van der Waals surface area contributed by atoms with Gasteiger partial charge in [-0.2, -0.15) is 0 Å². The van der Waals surface area contributed by atoms with Crippen molar-refractivity contribution >= 4 is 62.9 Å². The van der Waals surface area contributed by atoms with Crippen molar-refractivity contribution in [1.82, 2.24) is 5.32 Å². The molecule has 0 aliphatic heterocycles. The second kappa shape index (κ2) is 16.0. The number of halogens is 1. The van der Waals surface area contributed by atoms with Crippen LogP contribution in [0.25, 0.3) is 17.4 Å². The minimum absolute atomic E-state index is 0.00796. The summed E-state index contributed by atoms with van der Waals surface area (Å²) in [6, 6.07) is 34.2. The van der Waals surface area contributed by atoms with Crippen molar-refractivity contribution in [2.24, 2.45) is 0 Å². The second-order valence-corrected chi connectivity index (χ2v) is 12.6. The minimum atomic E-state index is -0.528. The lowest BCUT2D eigenvalue weighted by atomic mass is 10.2. The molecule has 0 spiro atoms. The summed E-state index contributed by atoms with van der Waals surface area (Å²) >= 11 is 4.82. The number of ether oxygens (including phenoxy) is 1. The molecule has 0 saturated carbocycles. The van der Waals surface area contributed by atoms with Gasteiger partial charge in [0.15, 0.2) is 0 Å². The van der Waals surface area contributed by atoms with Crippen molar-refractivity contribution in [2.75, 3.05) is 17.2 Å². The van der Waals surface area contributed by atoms with Gasteiger partial charge in [-0.1, -0.05) is 46.3 Å². The fourth-order valence-electron chi connectivity index (χ4n) is 4.40. The van der Waals surface area contributed by atoms with Crippen molar-refractivity contribution < 1.29 is 23.5 Å². The van der Waals surface area contributed by atoms with Gasteiger partial charge in [-0.05, 0) is 98.8 Å². The smallest absolute Gasteiger partial charge is 0.272 e. The summed E-state index contributed by atoms with van der Waals surface area (Å²) in [5.41, 5.74) is 2.48.